The molecule has 0 saturated carbocycles. The van der Waals surface area contributed by atoms with Crippen LogP contribution in [-0.2, 0) is 0 Å². The Morgan fingerprint density at radius 2 is 2.29 bits per heavy atom. The topological polar surface area (TPSA) is 49.3 Å². The number of phenols is 1. The molecule has 0 unspecified atom stereocenters. The van der Waals surface area contributed by atoms with Gasteiger partial charge in [-0.05, 0) is 43.9 Å². The smallest absolute Gasteiger partial charge is 0.251 e. The summed E-state index contributed by atoms with van der Waals surface area (Å²) in [7, 11) is 0. The van der Waals surface area contributed by atoms with Gasteiger partial charge in [-0.1, -0.05) is 17.7 Å². The number of hydrogen-bond donors (Lipinski definition) is 2. The van der Waals surface area contributed by atoms with E-state index in [2.05, 4.69) is 11.4 Å². The molecule has 2 N–H and O–H groups in total. The maximum absolute atomic E-state index is 11.7. The molecule has 90 valence electrons. The van der Waals surface area contributed by atoms with Gasteiger partial charge in [-0.25, -0.2) is 0 Å². The van der Waals surface area contributed by atoms with Gasteiger partial charge in [0.05, 0.1) is 0 Å². The summed E-state index contributed by atoms with van der Waals surface area (Å²) < 4.78 is 0. The number of hydrogen-bond acceptors (Lipinski definition) is 2. The number of aromatic hydroxyl groups is 1. The second-order valence-electron chi connectivity index (χ2n) is 4.31. The third-order valence-corrected chi connectivity index (χ3v) is 2.98. The van der Waals surface area contributed by atoms with Crippen LogP contribution in [-0.4, -0.2) is 17.6 Å². The molecule has 0 heterocycles. The van der Waals surface area contributed by atoms with Crippen molar-refractivity contribution in [3.63, 3.8) is 0 Å². The molecule has 0 bridgehead atoms. The van der Waals surface area contributed by atoms with Crippen LogP contribution in [0.25, 0.3) is 0 Å². The molecule has 1 aliphatic rings. The minimum absolute atomic E-state index is 0.121. The van der Waals surface area contributed by atoms with Crippen molar-refractivity contribution < 1.29 is 9.90 Å². The first-order valence-corrected chi connectivity index (χ1v) is 6.01. The molecule has 0 saturated heterocycles. The lowest BCUT2D eigenvalue weighted by Gasteiger charge is -2.06. The lowest BCUT2D eigenvalue weighted by molar-refractivity contribution is 0.0953. The first-order valence-electron chi connectivity index (χ1n) is 6.01. The van der Waals surface area contributed by atoms with E-state index in [-0.39, 0.29) is 11.7 Å². The minimum atomic E-state index is -0.125. The van der Waals surface area contributed by atoms with E-state index in [1.165, 1.54) is 30.9 Å². The Hall–Kier alpha value is -1.77. The summed E-state index contributed by atoms with van der Waals surface area (Å²) in [6, 6.07) is 6.40. The van der Waals surface area contributed by atoms with Crippen molar-refractivity contribution in [1.82, 2.24) is 5.32 Å². The third kappa shape index (κ3) is 3.34. The van der Waals surface area contributed by atoms with Crippen LogP contribution in [0.3, 0.4) is 0 Å². The van der Waals surface area contributed by atoms with Gasteiger partial charge in [0.15, 0.2) is 0 Å². The zero-order valence-electron chi connectivity index (χ0n) is 9.78. The number of carbonyl (C=O) groups is 1. The van der Waals surface area contributed by atoms with Crippen molar-refractivity contribution in [2.75, 3.05) is 6.54 Å². The summed E-state index contributed by atoms with van der Waals surface area (Å²) in [5.41, 5.74) is 1.95. The molecular formula is C14H17NO2. The number of benzene rings is 1. The van der Waals surface area contributed by atoms with Crippen LogP contribution in [0.1, 0.15) is 36.0 Å². The third-order valence-electron chi connectivity index (χ3n) is 2.98. The number of nitrogens with one attached hydrogen (secondary N) is 1. The Morgan fingerprint density at radius 1 is 1.41 bits per heavy atom. The molecule has 1 aromatic carbocycles. The number of amides is 1. The molecule has 0 radical (unpaired) electrons. The summed E-state index contributed by atoms with van der Waals surface area (Å²) in [6.07, 6.45) is 6.79. The second kappa shape index (κ2) is 5.53. The lowest BCUT2D eigenvalue weighted by Crippen LogP contribution is -2.24. The zero-order valence-corrected chi connectivity index (χ0v) is 9.78. The fraction of sp³-hybridized carbons (Fsp3) is 0.357. The van der Waals surface area contributed by atoms with Gasteiger partial charge >= 0.3 is 0 Å². The molecule has 1 aliphatic carbocycles. The van der Waals surface area contributed by atoms with Gasteiger partial charge in [0, 0.05) is 12.1 Å². The highest BCUT2D eigenvalue weighted by atomic mass is 16.3. The van der Waals surface area contributed by atoms with Gasteiger partial charge in [-0.2, -0.15) is 0 Å². The predicted molar refractivity (Wildman–Crippen MR) is 67.0 cm³/mol. The molecular weight excluding hydrogens is 214 g/mol. The fourth-order valence-corrected chi connectivity index (χ4v) is 2.05. The predicted octanol–water partition coefficient (Wildman–Crippen LogP) is 2.62. The number of phenolic OH excluding ortho intramolecular Hbond substituents is 1. The van der Waals surface area contributed by atoms with Gasteiger partial charge in [0.2, 0.25) is 0 Å². The summed E-state index contributed by atoms with van der Waals surface area (Å²) in [6.45, 7) is 0.667. The Bertz CT molecular complexity index is 438. The first-order chi connectivity index (χ1) is 8.25. The Kier molecular flexibility index (Phi) is 3.81. The summed E-state index contributed by atoms with van der Waals surface area (Å²) in [5, 5.41) is 12.1. The van der Waals surface area contributed by atoms with E-state index in [1.807, 2.05) is 0 Å². The van der Waals surface area contributed by atoms with Crippen LogP contribution in [0.4, 0.5) is 0 Å². The maximum Gasteiger partial charge on any atom is 0.251 e. The molecule has 2 rings (SSSR count). The molecule has 17 heavy (non-hydrogen) atoms. The Morgan fingerprint density at radius 3 is 3.00 bits per heavy atom. The van der Waals surface area contributed by atoms with E-state index in [1.54, 1.807) is 18.2 Å². The maximum atomic E-state index is 11.7. The SMILES string of the molecule is O=C(NCCC1=CCCC1)c1cccc(O)c1. The fourth-order valence-electron chi connectivity index (χ4n) is 2.05. The highest BCUT2D eigenvalue weighted by Crippen LogP contribution is 2.19. The van der Waals surface area contributed by atoms with Crippen molar-refractivity contribution in [2.45, 2.75) is 25.7 Å². The number of rotatable bonds is 4. The highest BCUT2D eigenvalue weighted by Gasteiger charge is 2.07. The van der Waals surface area contributed by atoms with Crippen LogP contribution >= 0.6 is 0 Å². The first kappa shape index (κ1) is 11.7. The Balaban J connectivity index is 1.81. The molecule has 0 aromatic heterocycles. The monoisotopic (exact) mass is 231 g/mol. The molecule has 1 aromatic rings. The average molecular weight is 231 g/mol. The van der Waals surface area contributed by atoms with E-state index in [9.17, 15) is 9.90 Å². The summed E-state index contributed by atoms with van der Waals surface area (Å²) in [4.78, 5) is 11.7. The van der Waals surface area contributed by atoms with Crippen LogP contribution in [0.2, 0.25) is 0 Å². The van der Waals surface area contributed by atoms with Crippen molar-refractivity contribution in [2.24, 2.45) is 0 Å². The molecule has 0 atom stereocenters. The van der Waals surface area contributed by atoms with E-state index < -0.39 is 0 Å². The van der Waals surface area contributed by atoms with Crippen molar-refractivity contribution in [1.29, 1.82) is 0 Å². The van der Waals surface area contributed by atoms with Crippen molar-refractivity contribution in [3.8, 4) is 5.75 Å². The van der Waals surface area contributed by atoms with Gasteiger partial charge in [0.25, 0.3) is 5.91 Å². The number of carbonyl (C=O) groups excluding carboxylic acids is 1. The summed E-state index contributed by atoms with van der Waals surface area (Å²) >= 11 is 0. The standard InChI is InChI=1S/C14H17NO2/c16-13-7-3-6-12(10-13)14(17)15-9-8-11-4-1-2-5-11/h3-4,6-7,10,16H,1-2,5,8-9H2,(H,15,17). The Labute approximate surface area is 101 Å². The van der Waals surface area contributed by atoms with E-state index in [0.717, 1.165) is 6.42 Å². The molecule has 3 heteroatoms. The zero-order chi connectivity index (χ0) is 12.1. The summed E-state index contributed by atoms with van der Waals surface area (Å²) in [5.74, 6) is -0.00403. The van der Waals surface area contributed by atoms with Gasteiger partial charge in [-0.3, -0.25) is 4.79 Å². The van der Waals surface area contributed by atoms with E-state index in [4.69, 9.17) is 0 Å². The molecule has 3 nitrogen and oxygen atoms in total. The van der Waals surface area contributed by atoms with Crippen LogP contribution in [0.15, 0.2) is 35.9 Å². The average Bonchev–Trinajstić information content (AvgIpc) is 2.82. The number of allylic oxidation sites excluding steroid dienone is 1. The molecule has 0 fully saturated rings. The second-order valence-corrected chi connectivity index (χ2v) is 4.31. The van der Waals surface area contributed by atoms with Gasteiger partial charge < -0.3 is 10.4 Å². The van der Waals surface area contributed by atoms with Crippen LogP contribution in [0.5, 0.6) is 5.75 Å². The molecule has 1 amide bonds. The van der Waals surface area contributed by atoms with Crippen LogP contribution in [0, 0.1) is 0 Å². The van der Waals surface area contributed by atoms with Gasteiger partial charge in [-0.15, -0.1) is 0 Å². The van der Waals surface area contributed by atoms with E-state index >= 15 is 0 Å². The highest BCUT2D eigenvalue weighted by molar-refractivity contribution is 5.94. The van der Waals surface area contributed by atoms with E-state index in [0.29, 0.717) is 12.1 Å². The molecule has 0 aliphatic heterocycles. The van der Waals surface area contributed by atoms with Gasteiger partial charge in [0.1, 0.15) is 5.75 Å². The largest absolute Gasteiger partial charge is 0.508 e. The molecule has 0 spiro atoms. The normalized spacial score (nSPS) is 14.5. The van der Waals surface area contributed by atoms with Crippen molar-refractivity contribution in [3.05, 3.63) is 41.5 Å². The lowest BCUT2D eigenvalue weighted by atomic mass is 10.1. The van der Waals surface area contributed by atoms with Crippen molar-refractivity contribution >= 4 is 5.91 Å². The quantitative estimate of drug-likeness (QED) is 0.782. The van der Waals surface area contributed by atoms with Crippen LogP contribution < -0.4 is 5.32 Å². The minimum Gasteiger partial charge on any atom is -0.508 e.